The predicted molar refractivity (Wildman–Crippen MR) is 161 cm³/mol. The Balaban J connectivity index is 1.08. The number of aldehydes is 1. The molecule has 0 radical (unpaired) electrons. The van der Waals surface area contributed by atoms with Gasteiger partial charge in [0.2, 0.25) is 0 Å². The number of ether oxygens (including phenoxy) is 1. The molecule has 0 spiro atoms. The standard InChI is InChI=1S/C32H35ClN6O2/c33-27(18-34)30-16-22(8-12-35-30)4-6-25-2-1-3-28(36-25)24-9-13-38(14-10-24)20-32-37-29-7-5-23(21-40)17-31(29)39(32)19-26-11-15-41-26/h1-3,5,7-8,12,16-18,21,24,26,34-35H,4,6,9-11,13-15,19-20H2/b30-27+,34-18?. The van der Waals surface area contributed by atoms with Crippen LogP contribution in [0.25, 0.3) is 11.0 Å². The molecule has 1 atom stereocenters. The summed E-state index contributed by atoms with van der Waals surface area (Å²) in [6.45, 7) is 4.37. The lowest BCUT2D eigenvalue weighted by atomic mass is 9.92. The summed E-state index contributed by atoms with van der Waals surface area (Å²) in [5.74, 6) is 1.49. The second kappa shape index (κ2) is 12.5. The van der Waals surface area contributed by atoms with Crippen LogP contribution in [0.3, 0.4) is 0 Å². The molecule has 41 heavy (non-hydrogen) atoms. The lowest BCUT2D eigenvalue weighted by Crippen LogP contribution is -2.35. The number of imidazole rings is 1. The van der Waals surface area contributed by atoms with Gasteiger partial charge >= 0.3 is 0 Å². The molecule has 3 aliphatic heterocycles. The highest BCUT2D eigenvalue weighted by molar-refractivity contribution is 6.39. The predicted octanol–water partition coefficient (Wildman–Crippen LogP) is 5.49. The maximum absolute atomic E-state index is 11.4. The Morgan fingerprint density at radius 1 is 1.15 bits per heavy atom. The first-order valence-electron chi connectivity index (χ1n) is 14.4. The van der Waals surface area contributed by atoms with Crippen LogP contribution in [0.4, 0.5) is 0 Å². The Labute approximate surface area is 245 Å². The number of carbonyl (C=O) groups excluding carboxylic acids is 1. The van der Waals surface area contributed by atoms with E-state index in [-0.39, 0.29) is 6.10 Å². The van der Waals surface area contributed by atoms with Crippen LogP contribution in [0, 0.1) is 5.41 Å². The average Bonchev–Trinajstić information content (AvgIpc) is 3.33. The zero-order valence-electron chi connectivity index (χ0n) is 23.1. The highest BCUT2D eigenvalue weighted by atomic mass is 35.5. The quantitative estimate of drug-likeness (QED) is 0.247. The van der Waals surface area contributed by atoms with E-state index >= 15 is 0 Å². The third kappa shape index (κ3) is 6.35. The first kappa shape index (κ1) is 27.6. The van der Waals surface area contributed by atoms with E-state index in [4.69, 9.17) is 31.7 Å². The van der Waals surface area contributed by atoms with E-state index in [0.29, 0.717) is 16.5 Å². The van der Waals surface area contributed by atoms with E-state index < -0.39 is 0 Å². The molecule has 6 rings (SSSR count). The first-order chi connectivity index (χ1) is 20.1. The lowest BCUT2D eigenvalue weighted by molar-refractivity contribution is -0.0592. The summed E-state index contributed by atoms with van der Waals surface area (Å²) < 4.78 is 7.99. The Bertz CT molecular complexity index is 1530. The minimum atomic E-state index is 0.218. The fourth-order valence-electron chi connectivity index (χ4n) is 5.83. The number of piperidine rings is 1. The third-order valence-electron chi connectivity index (χ3n) is 8.29. The number of pyridine rings is 1. The molecule has 0 bridgehead atoms. The van der Waals surface area contributed by atoms with Crippen LogP contribution in [0.15, 0.2) is 71.1 Å². The molecule has 0 amide bonds. The molecule has 1 unspecified atom stereocenters. The smallest absolute Gasteiger partial charge is 0.150 e. The summed E-state index contributed by atoms with van der Waals surface area (Å²) in [5.41, 5.74) is 6.82. The van der Waals surface area contributed by atoms with Crippen LogP contribution in [-0.4, -0.2) is 57.7 Å². The van der Waals surface area contributed by atoms with E-state index in [9.17, 15) is 4.79 Å². The van der Waals surface area contributed by atoms with Crippen molar-refractivity contribution in [3.05, 3.63) is 93.8 Å². The van der Waals surface area contributed by atoms with Crippen molar-refractivity contribution in [2.75, 3.05) is 19.7 Å². The summed E-state index contributed by atoms with van der Waals surface area (Å²) >= 11 is 6.11. The number of benzene rings is 1. The van der Waals surface area contributed by atoms with Gasteiger partial charge in [-0.25, -0.2) is 4.98 Å². The minimum Gasteiger partial charge on any atom is -0.376 e. The Morgan fingerprint density at radius 3 is 2.76 bits per heavy atom. The number of halogens is 1. The van der Waals surface area contributed by atoms with Gasteiger partial charge in [0.05, 0.1) is 41.0 Å². The zero-order valence-corrected chi connectivity index (χ0v) is 23.8. The molecule has 5 heterocycles. The lowest BCUT2D eigenvalue weighted by Gasteiger charge is -2.32. The summed E-state index contributed by atoms with van der Waals surface area (Å²) in [7, 11) is 0. The molecule has 212 valence electrons. The number of likely N-dealkylation sites (tertiary alicyclic amines) is 1. The number of aromatic nitrogens is 3. The molecular weight excluding hydrogens is 536 g/mol. The summed E-state index contributed by atoms with van der Waals surface area (Å²) in [6, 6.07) is 12.1. The van der Waals surface area contributed by atoms with E-state index in [1.54, 1.807) is 0 Å². The maximum Gasteiger partial charge on any atom is 0.150 e. The molecule has 0 aliphatic carbocycles. The van der Waals surface area contributed by atoms with Crippen molar-refractivity contribution in [1.82, 2.24) is 24.8 Å². The van der Waals surface area contributed by atoms with Crippen molar-refractivity contribution in [1.29, 1.82) is 5.41 Å². The van der Waals surface area contributed by atoms with Crippen molar-refractivity contribution in [2.24, 2.45) is 0 Å². The summed E-state index contributed by atoms with van der Waals surface area (Å²) in [4.78, 5) is 23.9. The molecule has 2 N–H and O–H groups in total. The highest BCUT2D eigenvalue weighted by Crippen LogP contribution is 2.29. The van der Waals surface area contributed by atoms with Crippen molar-refractivity contribution in [2.45, 2.75) is 57.2 Å². The Hall–Kier alpha value is -3.59. The van der Waals surface area contributed by atoms with Crippen LogP contribution in [0.1, 0.15) is 59.2 Å². The van der Waals surface area contributed by atoms with Crippen molar-refractivity contribution in [3.8, 4) is 0 Å². The van der Waals surface area contributed by atoms with Gasteiger partial charge in [-0.15, -0.1) is 0 Å². The SMILES string of the molecule is N=C/C(Cl)=C1/C=C(CCc2cccc(C3CCN(Cc4nc5ccc(C=O)cc5n4CC4CCO4)CC3)n2)C=CN1. The number of aryl methyl sites for hydroxylation is 1. The van der Waals surface area contributed by atoms with Gasteiger partial charge in [0.25, 0.3) is 0 Å². The molecule has 2 fully saturated rings. The summed E-state index contributed by atoms with van der Waals surface area (Å²) in [5, 5.41) is 10.9. The summed E-state index contributed by atoms with van der Waals surface area (Å²) in [6.07, 6.45) is 13.1. The van der Waals surface area contributed by atoms with Crippen LogP contribution in [0.5, 0.6) is 0 Å². The minimum absolute atomic E-state index is 0.218. The fourth-order valence-corrected chi connectivity index (χ4v) is 5.94. The van der Waals surface area contributed by atoms with Gasteiger partial charge in [0.15, 0.2) is 0 Å². The van der Waals surface area contributed by atoms with E-state index in [0.717, 1.165) is 111 Å². The van der Waals surface area contributed by atoms with Gasteiger partial charge in [0, 0.05) is 41.9 Å². The largest absolute Gasteiger partial charge is 0.376 e. The zero-order chi connectivity index (χ0) is 28.2. The van der Waals surface area contributed by atoms with Gasteiger partial charge in [-0.2, -0.15) is 0 Å². The first-order valence-corrected chi connectivity index (χ1v) is 14.8. The number of rotatable bonds is 10. The van der Waals surface area contributed by atoms with Crippen molar-refractivity contribution in [3.63, 3.8) is 0 Å². The van der Waals surface area contributed by atoms with E-state index in [1.807, 2.05) is 36.6 Å². The number of fused-ring (bicyclic) bond motifs is 1. The van der Waals surface area contributed by atoms with Crippen LogP contribution in [-0.2, 0) is 24.2 Å². The number of nitrogens with one attached hydrogen (secondary N) is 2. The van der Waals surface area contributed by atoms with Crippen molar-refractivity contribution >= 4 is 35.1 Å². The van der Waals surface area contributed by atoms with Gasteiger partial charge in [-0.1, -0.05) is 17.7 Å². The van der Waals surface area contributed by atoms with Gasteiger partial charge in [0.1, 0.15) is 12.1 Å². The van der Waals surface area contributed by atoms with E-state index in [1.165, 1.54) is 5.69 Å². The molecule has 9 heteroatoms. The van der Waals surface area contributed by atoms with Gasteiger partial charge < -0.3 is 20.0 Å². The Morgan fingerprint density at radius 2 is 2.00 bits per heavy atom. The maximum atomic E-state index is 11.4. The van der Waals surface area contributed by atoms with Crippen LogP contribution < -0.4 is 5.32 Å². The number of nitrogens with zero attached hydrogens (tertiary/aromatic N) is 4. The van der Waals surface area contributed by atoms with Crippen LogP contribution >= 0.6 is 11.6 Å². The number of hydrogen-bond donors (Lipinski definition) is 2. The second-order valence-corrected chi connectivity index (χ2v) is 11.4. The van der Waals surface area contributed by atoms with Gasteiger partial charge in [-0.05, 0) is 93.3 Å². The normalized spacial score (nSPS) is 20.8. The Kier molecular flexibility index (Phi) is 8.41. The molecule has 2 aromatic heterocycles. The molecule has 3 aromatic rings. The molecule has 8 nitrogen and oxygen atoms in total. The molecule has 1 aromatic carbocycles. The molecule has 2 saturated heterocycles. The highest BCUT2D eigenvalue weighted by Gasteiger charge is 2.26. The monoisotopic (exact) mass is 570 g/mol. The molecule has 0 saturated carbocycles. The number of allylic oxidation sites excluding steroid dienone is 4. The van der Waals surface area contributed by atoms with Crippen molar-refractivity contribution < 1.29 is 9.53 Å². The fraction of sp³-hybridized carbons (Fsp3) is 0.375. The van der Waals surface area contributed by atoms with E-state index in [2.05, 4.69) is 33.0 Å². The van der Waals surface area contributed by atoms with Gasteiger partial charge in [-0.3, -0.25) is 14.7 Å². The average molecular weight is 571 g/mol. The number of carbonyl (C=O) groups is 1. The molecule has 3 aliphatic rings. The van der Waals surface area contributed by atoms with Crippen LogP contribution in [0.2, 0.25) is 0 Å². The number of dihydropyridines is 1. The number of hydrogen-bond acceptors (Lipinski definition) is 7. The second-order valence-electron chi connectivity index (χ2n) is 11.0. The topological polar surface area (TPSA) is 96.1 Å². The third-order valence-corrected chi connectivity index (χ3v) is 8.60. The molecular formula is C32H35ClN6O2.